The summed E-state index contributed by atoms with van der Waals surface area (Å²) in [5.41, 5.74) is 2.28. The van der Waals surface area contributed by atoms with Crippen LogP contribution in [0.5, 0.6) is 0 Å². The molecule has 1 aliphatic rings. The number of sulfonamides is 1. The lowest BCUT2D eigenvalue weighted by Crippen LogP contribution is -2.49. The first-order valence-electron chi connectivity index (χ1n) is 11.2. The molecule has 1 fully saturated rings. The minimum Gasteiger partial charge on any atom is -0.350 e. The number of halogens is 2. The second-order valence-electron chi connectivity index (χ2n) is 8.46. The normalized spacial score (nSPS) is 15.8. The van der Waals surface area contributed by atoms with Crippen LogP contribution in [-0.2, 0) is 27.9 Å². The van der Waals surface area contributed by atoms with Crippen molar-refractivity contribution in [1.29, 1.82) is 0 Å². The van der Waals surface area contributed by atoms with Crippen LogP contribution in [0.25, 0.3) is 0 Å². The quantitative estimate of drug-likeness (QED) is 0.562. The maximum Gasteiger partial charge on any atom is 0.244 e. The van der Waals surface area contributed by atoms with Crippen LogP contribution in [0.15, 0.2) is 42.5 Å². The number of hydrogen-bond donors (Lipinski definition) is 1. The molecule has 9 heteroatoms. The molecule has 1 heterocycles. The van der Waals surface area contributed by atoms with E-state index in [9.17, 15) is 17.6 Å². The number of amides is 1. The van der Waals surface area contributed by atoms with Gasteiger partial charge in [-0.05, 0) is 61.7 Å². The average molecular weight is 496 g/mol. The zero-order valence-electron chi connectivity index (χ0n) is 19.1. The Morgan fingerprint density at radius 1 is 1.15 bits per heavy atom. The zero-order valence-corrected chi connectivity index (χ0v) is 20.6. The summed E-state index contributed by atoms with van der Waals surface area (Å²) in [5.74, 6) is -1.08. The van der Waals surface area contributed by atoms with E-state index in [-0.39, 0.29) is 23.7 Å². The third kappa shape index (κ3) is 6.91. The molecule has 0 bridgehead atoms. The molecule has 0 saturated carbocycles. The summed E-state index contributed by atoms with van der Waals surface area (Å²) < 4.78 is 39.7. The number of nitrogens with one attached hydrogen (secondary N) is 1. The second kappa shape index (κ2) is 11.3. The first-order chi connectivity index (χ1) is 15.7. The fourth-order valence-electron chi connectivity index (χ4n) is 4.20. The summed E-state index contributed by atoms with van der Waals surface area (Å²) in [7, 11) is -3.82. The summed E-state index contributed by atoms with van der Waals surface area (Å²) in [5, 5.41) is 2.66. The summed E-state index contributed by atoms with van der Waals surface area (Å²) >= 11 is 5.86. The molecule has 0 radical (unpaired) electrons. The summed E-state index contributed by atoms with van der Waals surface area (Å²) in [6.07, 6.45) is 5.00. The highest BCUT2D eigenvalue weighted by Crippen LogP contribution is 2.27. The Bertz CT molecular complexity index is 1070. The monoisotopic (exact) mass is 495 g/mol. The predicted molar refractivity (Wildman–Crippen MR) is 130 cm³/mol. The number of likely N-dealkylation sites (tertiary alicyclic amines) is 1. The van der Waals surface area contributed by atoms with Crippen LogP contribution in [-0.4, -0.2) is 44.6 Å². The lowest BCUT2D eigenvalue weighted by atomic mass is 10.1. The molecule has 180 valence electrons. The van der Waals surface area contributed by atoms with Crippen LogP contribution < -0.4 is 9.62 Å². The molecule has 33 heavy (non-hydrogen) atoms. The fraction of sp³-hybridized carbons (Fsp3) is 0.458. The number of benzene rings is 2. The number of carbonyl (C=O) groups excluding carboxylic acids is 1. The Morgan fingerprint density at radius 2 is 1.85 bits per heavy atom. The van der Waals surface area contributed by atoms with Crippen molar-refractivity contribution in [2.75, 3.05) is 23.7 Å². The first kappa shape index (κ1) is 25.5. The third-order valence-corrected chi connectivity index (χ3v) is 7.27. The average Bonchev–Trinajstić information content (AvgIpc) is 2.78. The van der Waals surface area contributed by atoms with E-state index >= 15 is 0 Å². The van der Waals surface area contributed by atoms with E-state index in [0.717, 1.165) is 41.8 Å². The maximum atomic E-state index is 13.6. The second-order valence-corrected chi connectivity index (χ2v) is 10.7. The summed E-state index contributed by atoms with van der Waals surface area (Å²) in [6.45, 7) is 5.10. The number of rotatable bonds is 9. The Hall–Kier alpha value is -2.16. The van der Waals surface area contributed by atoms with Crippen molar-refractivity contribution in [1.82, 2.24) is 10.2 Å². The van der Waals surface area contributed by atoms with Crippen molar-refractivity contribution >= 4 is 33.2 Å². The van der Waals surface area contributed by atoms with E-state index in [1.807, 2.05) is 12.1 Å². The Morgan fingerprint density at radius 3 is 2.48 bits per heavy atom. The van der Waals surface area contributed by atoms with Crippen molar-refractivity contribution < 1.29 is 17.6 Å². The van der Waals surface area contributed by atoms with Crippen LogP contribution >= 0.6 is 11.6 Å². The number of nitrogens with zero attached hydrogens (tertiary/aromatic N) is 2. The highest BCUT2D eigenvalue weighted by atomic mass is 35.5. The molecular weight excluding hydrogens is 465 g/mol. The van der Waals surface area contributed by atoms with Gasteiger partial charge >= 0.3 is 0 Å². The highest BCUT2D eigenvalue weighted by molar-refractivity contribution is 7.92. The molecule has 0 aromatic heterocycles. The SMILES string of the molecule is CCC(C(=O)NCc1cccc(CN2CCCCC2)c1)N(c1ccc(F)c(Cl)c1)S(C)(=O)=O. The minimum absolute atomic E-state index is 0.148. The Balaban J connectivity index is 1.71. The lowest BCUT2D eigenvalue weighted by Gasteiger charge is -2.30. The summed E-state index contributed by atoms with van der Waals surface area (Å²) in [6, 6.07) is 10.7. The van der Waals surface area contributed by atoms with Crippen molar-refractivity contribution in [2.24, 2.45) is 0 Å². The van der Waals surface area contributed by atoms with E-state index in [1.54, 1.807) is 6.92 Å². The van der Waals surface area contributed by atoms with E-state index in [1.165, 1.54) is 37.0 Å². The van der Waals surface area contributed by atoms with Gasteiger partial charge in [0.2, 0.25) is 15.9 Å². The van der Waals surface area contributed by atoms with Crippen LogP contribution in [0.2, 0.25) is 5.02 Å². The van der Waals surface area contributed by atoms with E-state index in [0.29, 0.717) is 0 Å². The molecule has 0 aliphatic carbocycles. The zero-order chi connectivity index (χ0) is 24.0. The summed E-state index contributed by atoms with van der Waals surface area (Å²) in [4.78, 5) is 15.5. The van der Waals surface area contributed by atoms with Gasteiger partial charge in [-0.15, -0.1) is 0 Å². The molecule has 2 aromatic carbocycles. The van der Waals surface area contributed by atoms with Crippen LogP contribution in [0.3, 0.4) is 0 Å². The van der Waals surface area contributed by atoms with Crippen LogP contribution in [0, 0.1) is 5.82 Å². The molecule has 1 unspecified atom stereocenters. The van der Waals surface area contributed by atoms with Gasteiger partial charge in [0.05, 0.1) is 17.0 Å². The molecule has 1 aliphatic heterocycles. The molecule has 0 spiro atoms. The Labute approximate surface area is 200 Å². The Kier molecular flexibility index (Phi) is 8.73. The van der Waals surface area contributed by atoms with Gasteiger partial charge in [-0.25, -0.2) is 12.8 Å². The van der Waals surface area contributed by atoms with Crippen LogP contribution in [0.1, 0.15) is 43.7 Å². The van der Waals surface area contributed by atoms with Gasteiger partial charge in [-0.2, -0.15) is 0 Å². The molecule has 6 nitrogen and oxygen atoms in total. The maximum absolute atomic E-state index is 13.6. The topological polar surface area (TPSA) is 69.7 Å². The van der Waals surface area contributed by atoms with Gasteiger partial charge in [0.1, 0.15) is 11.9 Å². The van der Waals surface area contributed by atoms with E-state index in [2.05, 4.69) is 22.3 Å². The highest BCUT2D eigenvalue weighted by Gasteiger charge is 2.31. The van der Waals surface area contributed by atoms with E-state index in [4.69, 9.17) is 11.6 Å². The standard InChI is InChI=1S/C24H31ClFN3O3S/c1-3-23(29(33(2,31)32)20-10-11-22(26)21(25)15-20)24(30)27-16-18-8-7-9-19(14-18)17-28-12-5-4-6-13-28/h7-11,14-15,23H,3-6,12-13,16-17H2,1-2H3,(H,27,30). The lowest BCUT2D eigenvalue weighted by molar-refractivity contribution is -0.122. The van der Waals surface area contributed by atoms with Gasteiger partial charge in [0, 0.05) is 13.1 Å². The number of piperidine rings is 1. The van der Waals surface area contributed by atoms with Crippen LogP contribution in [0.4, 0.5) is 10.1 Å². The molecule has 2 aromatic rings. The molecule has 1 atom stereocenters. The van der Waals surface area contributed by atoms with E-state index < -0.39 is 27.8 Å². The number of hydrogen-bond acceptors (Lipinski definition) is 4. The van der Waals surface area contributed by atoms with Gasteiger partial charge in [0.25, 0.3) is 0 Å². The number of carbonyl (C=O) groups is 1. The smallest absolute Gasteiger partial charge is 0.244 e. The van der Waals surface area contributed by atoms with Gasteiger partial charge in [-0.3, -0.25) is 14.0 Å². The van der Waals surface area contributed by atoms with Crippen molar-refractivity contribution in [3.8, 4) is 0 Å². The molecule has 1 N–H and O–H groups in total. The van der Waals surface area contributed by atoms with Crippen molar-refractivity contribution in [3.63, 3.8) is 0 Å². The molecular formula is C24H31ClFN3O3S. The third-order valence-electron chi connectivity index (χ3n) is 5.80. The van der Waals surface area contributed by atoms with Crippen molar-refractivity contribution in [2.45, 2.75) is 51.7 Å². The van der Waals surface area contributed by atoms with Gasteiger partial charge in [0.15, 0.2) is 0 Å². The van der Waals surface area contributed by atoms with Gasteiger partial charge < -0.3 is 5.32 Å². The predicted octanol–water partition coefficient (Wildman–Crippen LogP) is 4.33. The molecule has 1 saturated heterocycles. The first-order valence-corrected chi connectivity index (χ1v) is 13.4. The fourth-order valence-corrected chi connectivity index (χ4v) is 5.58. The largest absolute Gasteiger partial charge is 0.350 e. The molecule has 3 rings (SSSR count). The minimum atomic E-state index is -3.82. The van der Waals surface area contributed by atoms with Crippen molar-refractivity contribution in [3.05, 3.63) is 64.4 Å². The van der Waals surface area contributed by atoms with Gasteiger partial charge in [-0.1, -0.05) is 49.2 Å². The molecule has 1 amide bonds. The number of anilines is 1.